The van der Waals surface area contributed by atoms with Crippen LogP contribution in [0.5, 0.6) is 5.75 Å². The van der Waals surface area contributed by atoms with Crippen LogP contribution in [0.1, 0.15) is 40.5 Å². The maximum absolute atomic E-state index is 14.3. The van der Waals surface area contributed by atoms with Crippen molar-refractivity contribution in [2.45, 2.75) is 44.6 Å². The van der Waals surface area contributed by atoms with E-state index in [1.54, 1.807) is 30.6 Å². The van der Waals surface area contributed by atoms with Crippen molar-refractivity contribution in [2.75, 3.05) is 13.7 Å². The number of aliphatic hydroxyl groups is 1. The van der Waals surface area contributed by atoms with Crippen LogP contribution in [-0.4, -0.2) is 31.1 Å². The molecule has 3 aromatic rings. The Bertz CT molecular complexity index is 1030. The van der Waals surface area contributed by atoms with Crippen molar-refractivity contribution in [3.8, 4) is 16.2 Å². The van der Waals surface area contributed by atoms with Crippen LogP contribution >= 0.6 is 11.3 Å². The molecule has 31 heavy (non-hydrogen) atoms. The zero-order valence-corrected chi connectivity index (χ0v) is 18.4. The summed E-state index contributed by atoms with van der Waals surface area (Å²) in [5.41, 5.74) is 4.01. The fourth-order valence-electron chi connectivity index (χ4n) is 4.07. The van der Waals surface area contributed by atoms with Crippen LogP contribution in [0.3, 0.4) is 0 Å². The molecule has 164 valence electrons. The molecule has 3 atom stereocenters. The van der Waals surface area contributed by atoms with Gasteiger partial charge in [-0.25, -0.2) is 8.78 Å². The lowest BCUT2D eigenvalue weighted by atomic mass is 9.92. The van der Waals surface area contributed by atoms with Crippen LogP contribution in [0.2, 0.25) is 0 Å². The summed E-state index contributed by atoms with van der Waals surface area (Å²) < 4.78 is 39.0. The molecule has 1 aromatic heterocycles. The monoisotopic (exact) mass is 444 g/mol. The first-order chi connectivity index (χ1) is 15.0. The van der Waals surface area contributed by atoms with Gasteiger partial charge in [0, 0.05) is 34.6 Å². The Hall–Kier alpha value is -2.28. The Kier molecular flexibility index (Phi) is 6.70. The number of hydrogen-bond acceptors (Lipinski definition) is 4. The Morgan fingerprint density at radius 3 is 2.61 bits per heavy atom. The van der Waals surface area contributed by atoms with Gasteiger partial charge in [-0.05, 0) is 60.0 Å². The second-order valence-corrected chi connectivity index (χ2v) is 9.14. The fourth-order valence-corrected chi connectivity index (χ4v) is 5.11. The third kappa shape index (κ3) is 4.97. The molecule has 1 unspecified atom stereocenters. The molecule has 0 radical (unpaired) electrons. The number of methoxy groups -OCH3 is 1. The summed E-state index contributed by atoms with van der Waals surface area (Å²) in [4.78, 5) is 2.27. The molecule has 0 bridgehead atoms. The van der Waals surface area contributed by atoms with Crippen molar-refractivity contribution in [3.05, 3.63) is 75.9 Å². The van der Waals surface area contributed by atoms with Gasteiger partial charge in [-0.3, -0.25) is 0 Å². The second-order valence-electron chi connectivity index (χ2n) is 7.97. The van der Waals surface area contributed by atoms with E-state index in [2.05, 4.69) is 12.1 Å². The Morgan fingerprint density at radius 2 is 1.90 bits per heavy atom. The van der Waals surface area contributed by atoms with E-state index < -0.39 is 18.4 Å². The molecule has 0 amide bonds. The largest absolute Gasteiger partial charge is 0.496 e. The minimum Gasteiger partial charge on any atom is -0.496 e. The summed E-state index contributed by atoms with van der Waals surface area (Å²) in [7, 11) is 1.60. The number of benzene rings is 2. The molecule has 1 aliphatic heterocycles. The lowest BCUT2D eigenvalue weighted by Gasteiger charge is -2.32. The highest BCUT2D eigenvalue weighted by Gasteiger charge is 2.32. The maximum Gasteiger partial charge on any atom is 0.124 e. The van der Waals surface area contributed by atoms with Gasteiger partial charge in [0.2, 0.25) is 0 Å². The highest BCUT2D eigenvalue weighted by molar-refractivity contribution is 7.15. The van der Waals surface area contributed by atoms with Gasteiger partial charge in [0.15, 0.2) is 0 Å². The van der Waals surface area contributed by atoms with Crippen LogP contribution in [0.4, 0.5) is 8.78 Å². The number of alkyl halides is 1. The quantitative estimate of drug-likeness (QED) is 0.506. The van der Waals surface area contributed by atoms with Crippen LogP contribution in [-0.2, 0) is 11.2 Å². The fraction of sp³-hybridized carbons (Fsp3) is 0.360. The molecule has 1 saturated heterocycles. The minimum atomic E-state index is -1.01. The van der Waals surface area contributed by atoms with Crippen LogP contribution < -0.4 is 4.74 Å². The van der Waals surface area contributed by atoms with E-state index in [1.807, 2.05) is 19.1 Å². The molecule has 1 N–H and O–H groups in total. The topological polar surface area (TPSA) is 38.7 Å². The zero-order valence-electron chi connectivity index (χ0n) is 17.6. The van der Waals surface area contributed by atoms with E-state index in [0.717, 1.165) is 33.6 Å². The van der Waals surface area contributed by atoms with Crippen molar-refractivity contribution in [2.24, 2.45) is 0 Å². The number of aliphatic hydroxyl groups excluding tert-OH is 1. The standard InChI is InChI=1S/C25H26F2O3S/c1-15-9-23(29-2)22(24-13-19(27)12-20(14-28)30-24)11-17(15)10-21-7-8-25(31-21)16-3-5-18(26)6-4-16/h3-9,11,19-20,24,28H,10,12-14H2,1-2H3/t19?,20-,24+/m0/s1. The first kappa shape index (κ1) is 21.9. The van der Waals surface area contributed by atoms with Gasteiger partial charge < -0.3 is 14.6 Å². The molecule has 2 aromatic carbocycles. The molecule has 1 fully saturated rings. The normalized spacial score (nSPS) is 21.3. The van der Waals surface area contributed by atoms with E-state index in [-0.39, 0.29) is 25.3 Å². The van der Waals surface area contributed by atoms with Crippen molar-refractivity contribution in [1.29, 1.82) is 0 Å². The first-order valence-electron chi connectivity index (χ1n) is 10.4. The molecule has 3 nitrogen and oxygen atoms in total. The van der Waals surface area contributed by atoms with E-state index in [4.69, 9.17) is 9.47 Å². The summed E-state index contributed by atoms with van der Waals surface area (Å²) in [5, 5.41) is 9.46. The molecule has 0 aliphatic carbocycles. The number of hydrogen-bond donors (Lipinski definition) is 1. The van der Waals surface area contributed by atoms with Gasteiger partial charge in [-0.1, -0.05) is 12.1 Å². The zero-order chi connectivity index (χ0) is 22.0. The predicted octanol–water partition coefficient (Wildman–Crippen LogP) is 6.01. The molecule has 6 heteroatoms. The highest BCUT2D eigenvalue weighted by atomic mass is 32.1. The van der Waals surface area contributed by atoms with Gasteiger partial charge in [-0.15, -0.1) is 11.3 Å². The van der Waals surface area contributed by atoms with Gasteiger partial charge in [0.25, 0.3) is 0 Å². The van der Waals surface area contributed by atoms with Gasteiger partial charge in [-0.2, -0.15) is 0 Å². The van der Waals surface area contributed by atoms with E-state index in [9.17, 15) is 13.9 Å². The number of rotatable bonds is 6. The van der Waals surface area contributed by atoms with Gasteiger partial charge >= 0.3 is 0 Å². The Balaban J connectivity index is 1.60. The molecular weight excluding hydrogens is 418 g/mol. The summed E-state index contributed by atoms with van der Waals surface area (Å²) in [5.74, 6) is 0.432. The van der Waals surface area contributed by atoms with E-state index in [0.29, 0.717) is 5.75 Å². The van der Waals surface area contributed by atoms with Crippen molar-refractivity contribution >= 4 is 11.3 Å². The minimum absolute atomic E-state index is 0.195. The number of aryl methyl sites for hydroxylation is 1. The van der Waals surface area contributed by atoms with E-state index >= 15 is 0 Å². The molecule has 0 spiro atoms. The molecule has 0 saturated carbocycles. The van der Waals surface area contributed by atoms with Crippen LogP contribution in [0.25, 0.3) is 10.4 Å². The number of ether oxygens (including phenoxy) is 2. The third-order valence-corrected chi connectivity index (χ3v) is 6.87. The molecule has 1 aliphatic rings. The Labute approximate surface area is 185 Å². The number of thiophene rings is 1. The summed E-state index contributed by atoms with van der Waals surface area (Å²) in [6.07, 6.45) is -0.768. The smallest absolute Gasteiger partial charge is 0.124 e. The van der Waals surface area contributed by atoms with Crippen molar-refractivity contribution in [3.63, 3.8) is 0 Å². The van der Waals surface area contributed by atoms with Crippen molar-refractivity contribution < 1.29 is 23.4 Å². The van der Waals surface area contributed by atoms with Gasteiger partial charge in [0.1, 0.15) is 17.7 Å². The summed E-state index contributed by atoms with van der Waals surface area (Å²) >= 11 is 1.67. The SMILES string of the molecule is COc1cc(C)c(Cc2ccc(-c3ccc(F)cc3)s2)cc1[C@H]1CC(F)C[C@@H](CO)O1. The molecule has 2 heterocycles. The summed E-state index contributed by atoms with van der Waals surface area (Å²) in [6, 6.07) is 14.7. The predicted molar refractivity (Wildman–Crippen MR) is 119 cm³/mol. The first-order valence-corrected chi connectivity index (χ1v) is 11.2. The third-order valence-electron chi connectivity index (χ3n) is 5.74. The van der Waals surface area contributed by atoms with Crippen LogP contribution in [0, 0.1) is 12.7 Å². The van der Waals surface area contributed by atoms with E-state index in [1.165, 1.54) is 17.0 Å². The average Bonchev–Trinajstić information content (AvgIpc) is 3.23. The lowest BCUT2D eigenvalue weighted by Crippen LogP contribution is -2.31. The molecular formula is C25H26F2O3S. The summed E-state index contributed by atoms with van der Waals surface area (Å²) in [6.45, 7) is 1.84. The Morgan fingerprint density at radius 1 is 1.13 bits per heavy atom. The maximum atomic E-state index is 14.3. The highest BCUT2D eigenvalue weighted by Crippen LogP contribution is 2.39. The average molecular weight is 445 g/mol. The molecule has 4 rings (SSSR count). The van der Waals surface area contributed by atoms with Crippen molar-refractivity contribution in [1.82, 2.24) is 0 Å². The lowest BCUT2D eigenvalue weighted by molar-refractivity contribution is -0.0980. The van der Waals surface area contributed by atoms with Crippen LogP contribution in [0.15, 0.2) is 48.5 Å². The second kappa shape index (κ2) is 9.47. The van der Waals surface area contributed by atoms with Gasteiger partial charge in [0.05, 0.1) is 25.9 Å². The number of halogens is 2.